The number of hydrogen-bond donors (Lipinski definition) is 0. The van der Waals surface area contributed by atoms with Crippen LogP contribution < -0.4 is 9.47 Å². The summed E-state index contributed by atoms with van der Waals surface area (Å²) >= 11 is 0. The molecule has 0 aromatic heterocycles. The maximum atomic E-state index is 5.60. The molecule has 2 unspecified atom stereocenters. The van der Waals surface area contributed by atoms with Gasteiger partial charge in [0.05, 0.1) is 19.8 Å². The van der Waals surface area contributed by atoms with Crippen LogP contribution in [0.2, 0.25) is 0 Å². The summed E-state index contributed by atoms with van der Waals surface area (Å²) in [4.78, 5) is 2.74. The Morgan fingerprint density at radius 2 is 1.73 bits per heavy atom. The Morgan fingerprint density at radius 1 is 0.962 bits per heavy atom. The molecule has 2 aliphatic rings. The Kier molecular flexibility index (Phi) is 4.90. The van der Waals surface area contributed by atoms with Crippen molar-refractivity contribution in [3.05, 3.63) is 47.5 Å². The minimum atomic E-state index is 0.714. The number of nitrogens with zero attached hydrogens (tertiary/aromatic N) is 1. The van der Waals surface area contributed by atoms with Crippen LogP contribution in [0.1, 0.15) is 37.3 Å². The molecule has 0 N–H and O–H groups in total. The van der Waals surface area contributed by atoms with Crippen LogP contribution in [0.4, 0.5) is 0 Å². The SMILES string of the molecule is COc1cccc(OC)c1-c1ccc2c(c1)CCC(N1CCCC1C)C2. The van der Waals surface area contributed by atoms with Gasteiger partial charge in [0.2, 0.25) is 0 Å². The van der Waals surface area contributed by atoms with Crippen LogP contribution in [-0.4, -0.2) is 37.7 Å². The van der Waals surface area contributed by atoms with Gasteiger partial charge in [-0.2, -0.15) is 0 Å². The number of fused-ring (bicyclic) bond motifs is 1. The molecule has 3 heteroatoms. The van der Waals surface area contributed by atoms with Crippen molar-refractivity contribution in [2.75, 3.05) is 20.8 Å². The number of aryl methyl sites for hydroxylation is 1. The fourth-order valence-corrected chi connectivity index (χ4v) is 4.81. The van der Waals surface area contributed by atoms with Gasteiger partial charge >= 0.3 is 0 Å². The summed E-state index contributed by atoms with van der Waals surface area (Å²) in [5.41, 5.74) is 5.23. The number of methoxy groups -OCH3 is 2. The van der Waals surface area contributed by atoms with Crippen LogP contribution in [0.5, 0.6) is 11.5 Å². The Hall–Kier alpha value is -2.00. The first-order valence-corrected chi connectivity index (χ1v) is 9.80. The third kappa shape index (κ3) is 3.09. The van der Waals surface area contributed by atoms with Crippen LogP contribution in [0.25, 0.3) is 11.1 Å². The molecular formula is C23H29NO2. The van der Waals surface area contributed by atoms with Crippen molar-refractivity contribution in [3.8, 4) is 22.6 Å². The van der Waals surface area contributed by atoms with E-state index >= 15 is 0 Å². The Bertz CT molecular complexity index is 764. The molecule has 1 aliphatic carbocycles. The molecule has 1 fully saturated rings. The quantitative estimate of drug-likeness (QED) is 0.796. The zero-order valence-corrected chi connectivity index (χ0v) is 16.1. The van der Waals surface area contributed by atoms with Gasteiger partial charge < -0.3 is 9.47 Å². The summed E-state index contributed by atoms with van der Waals surface area (Å²) < 4.78 is 11.2. The molecule has 2 atom stereocenters. The highest BCUT2D eigenvalue weighted by Crippen LogP contribution is 2.40. The molecule has 0 bridgehead atoms. The average molecular weight is 351 g/mol. The normalized spacial score (nSPS) is 22.9. The first-order valence-electron chi connectivity index (χ1n) is 9.80. The second-order valence-electron chi connectivity index (χ2n) is 7.65. The number of rotatable bonds is 4. The molecule has 0 saturated carbocycles. The topological polar surface area (TPSA) is 21.7 Å². The molecular weight excluding hydrogens is 322 g/mol. The van der Waals surface area contributed by atoms with Gasteiger partial charge in [0, 0.05) is 12.1 Å². The van der Waals surface area contributed by atoms with E-state index in [0.717, 1.165) is 29.5 Å². The Labute approximate surface area is 156 Å². The van der Waals surface area contributed by atoms with Gasteiger partial charge in [0.1, 0.15) is 11.5 Å². The van der Waals surface area contributed by atoms with Crippen molar-refractivity contribution < 1.29 is 9.47 Å². The molecule has 138 valence electrons. The number of likely N-dealkylation sites (tertiary alicyclic amines) is 1. The second kappa shape index (κ2) is 7.32. The van der Waals surface area contributed by atoms with E-state index in [9.17, 15) is 0 Å². The average Bonchev–Trinajstić information content (AvgIpc) is 3.12. The maximum Gasteiger partial charge on any atom is 0.130 e. The van der Waals surface area contributed by atoms with E-state index < -0.39 is 0 Å². The summed E-state index contributed by atoms with van der Waals surface area (Å²) in [6.07, 6.45) is 6.33. The third-order valence-electron chi connectivity index (χ3n) is 6.20. The molecule has 1 aliphatic heterocycles. The minimum absolute atomic E-state index is 0.714. The third-order valence-corrected chi connectivity index (χ3v) is 6.20. The van der Waals surface area contributed by atoms with E-state index in [2.05, 4.69) is 30.0 Å². The molecule has 1 saturated heterocycles. The zero-order chi connectivity index (χ0) is 18.1. The van der Waals surface area contributed by atoms with Gasteiger partial charge in [-0.1, -0.05) is 24.3 Å². The van der Waals surface area contributed by atoms with E-state index in [1.54, 1.807) is 14.2 Å². The van der Waals surface area contributed by atoms with Crippen LogP contribution >= 0.6 is 0 Å². The highest BCUT2D eigenvalue weighted by atomic mass is 16.5. The second-order valence-corrected chi connectivity index (χ2v) is 7.65. The van der Waals surface area contributed by atoms with E-state index in [0.29, 0.717) is 6.04 Å². The van der Waals surface area contributed by atoms with Crippen molar-refractivity contribution >= 4 is 0 Å². The molecule has 4 rings (SSSR count). The molecule has 3 nitrogen and oxygen atoms in total. The molecule has 0 spiro atoms. The fourth-order valence-electron chi connectivity index (χ4n) is 4.81. The first kappa shape index (κ1) is 17.4. The lowest BCUT2D eigenvalue weighted by Crippen LogP contribution is -2.41. The van der Waals surface area contributed by atoms with Gasteiger partial charge in [0.25, 0.3) is 0 Å². The fraction of sp³-hybridized carbons (Fsp3) is 0.478. The molecule has 2 aromatic carbocycles. The predicted octanol–water partition coefficient (Wildman–Crippen LogP) is 4.71. The molecule has 2 aromatic rings. The van der Waals surface area contributed by atoms with Crippen LogP contribution in [0.15, 0.2) is 36.4 Å². The standard InChI is InChI=1S/C23H29NO2/c1-16-6-5-13-24(16)20-12-11-17-14-19(10-9-18(17)15-20)23-21(25-2)7-4-8-22(23)26-3/h4,7-10,14,16,20H,5-6,11-13,15H2,1-3H3. The largest absolute Gasteiger partial charge is 0.496 e. The highest BCUT2D eigenvalue weighted by molar-refractivity contribution is 5.77. The molecule has 26 heavy (non-hydrogen) atoms. The lowest BCUT2D eigenvalue weighted by molar-refractivity contribution is 0.174. The molecule has 0 amide bonds. The van der Waals surface area contributed by atoms with Gasteiger partial charge in [-0.3, -0.25) is 4.90 Å². The summed E-state index contributed by atoms with van der Waals surface area (Å²) in [5.74, 6) is 1.73. The van der Waals surface area contributed by atoms with E-state index in [4.69, 9.17) is 9.47 Å². The van der Waals surface area contributed by atoms with E-state index in [1.807, 2.05) is 18.2 Å². The highest BCUT2D eigenvalue weighted by Gasteiger charge is 2.30. The van der Waals surface area contributed by atoms with Gasteiger partial charge in [-0.25, -0.2) is 0 Å². The molecule has 1 heterocycles. The zero-order valence-electron chi connectivity index (χ0n) is 16.1. The van der Waals surface area contributed by atoms with E-state index in [1.165, 1.54) is 48.9 Å². The van der Waals surface area contributed by atoms with Gasteiger partial charge in [-0.05, 0) is 74.4 Å². The Balaban J connectivity index is 1.64. The van der Waals surface area contributed by atoms with Crippen LogP contribution in [-0.2, 0) is 12.8 Å². The number of hydrogen-bond acceptors (Lipinski definition) is 3. The maximum absolute atomic E-state index is 5.60. The summed E-state index contributed by atoms with van der Waals surface area (Å²) in [5, 5.41) is 0. The predicted molar refractivity (Wildman–Crippen MR) is 106 cm³/mol. The van der Waals surface area contributed by atoms with Crippen molar-refractivity contribution in [2.24, 2.45) is 0 Å². The monoisotopic (exact) mass is 351 g/mol. The summed E-state index contributed by atoms with van der Waals surface area (Å²) in [7, 11) is 3.44. The summed E-state index contributed by atoms with van der Waals surface area (Å²) in [6.45, 7) is 3.66. The lowest BCUT2D eigenvalue weighted by atomic mass is 9.85. The first-order chi connectivity index (χ1) is 12.7. The number of ether oxygens (including phenoxy) is 2. The van der Waals surface area contributed by atoms with Gasteiger partial charge in [0.15, 0.2) is 0 Å². The van der Waals surface area contributed by atoms with E-state index in [-0.39, 0.29) is 0 Å². The van der Waals surface area contributed by atoms with Crippen molar-refractivity contribution in [3.63, 3.8) is 0 Å². The summed E-state index contributed by atoms with van der Waals surface area (Å²) in [6, 6.07) is 14.3. The van der Waals surface area contributed by atoms with Crippen molar-refractivity contribution in [1.29, 1.82) is 0 Å². The lowest BCUT2D eigenvalue weighted by Gasteiger charge is -2.35. The smallest absolute Gasteiger partial charge is 0.130 e. The minimum Gasteiger partial charge on any atom is -0.496 e. The Morgan fingerprint density at radius 3 is 2.38 bits per heavy atom. The van der Waals surface area contributed by atoms with Crippen molar-refractivity contribution in [2.45, 2.75) is 51.1 Å². The molecule has 0 radical (unpaired) electrons. The van der Waals surface area contributed by atoms with Crippen molar-refractivity contribution in [1.82, 2.24) is 4.90 Å². The van der Waals surface area contributed by atoms with Gasteiger partial charge in [-0.15, -0.1) is 0 Å². The number of benzene rings is 2. The van der Waals surface area contributed by atoms with Crippen LogP contribution in [0, 0.1) is 0 Å². The van der Waals surface area contributed by atoms with Crippen LogP contribution in [0.3, 0.4) is 0 Å².